The zero-order chi connectivity index (χ0) is 17.1. The number of aromatic nitrogens is 2. The molecule has 0 saturated carbocycles. The van der Waals surface area contributed by atoms with Crippen molar-refractivity contribution in [3.63, 3.8) is 0 Å². The Labute approximate surface area is 145 Å². The SMILES string of the molecule is CCn1c(C)nc2cc(C(=O)N/N=C/c3cccc(Cl)c3)ccc21. The summed E-state index contributed by atoms with van der Waals surface area (Å²) < 4.78 is 2.11. The smallest absolute Gasteiger partial charge is 0.271 e. The minimum Gasteiger partial charge on any atom is -0.329 e. The van der Waals surface area contributed by atoms with Crippen molar-refractivity contribution in [2.75, 3.05) is 0 Å². The highest BCUT2D eigenvalue weighted by Gasteiger charge is 2.10. The number of rotatable bonds is 4. The highest BCUT2D eigenvalue weighted by Crippen LogP contribution is 2.17. The van der Waals surface area contributed by atoms with E-state index in [1.165, 1.54) is 0 Å². The van der Waals surface area contributed by atoms with E-state index >= 15 is 0 Å². The van der Waals surface area contributed by atoms with E-state index in [1.807, 2.05) is 25.1 Å². The number of halogens is 1. The van der Waals surface area contributed by atoms with Crippen LogP contribution in [0.2, 0.25) is 5.02 Å². The van der Waals surface area contributed by atoms with Crippen LogP contribution in [0.3, 0.4) is 0 Å². The van der Waals surface area contributed by atoms with Crippen molar-refractivity contribution in [2.24, 2.45) is 5.10 Å². The highest BCUT2D eigenvalue weighted by atomic mass is 35.5. The van der Waals surface area contributed by atoms with Crippen LogP contribution in [0.5, 0.6) is 0 Å². The Morgan fingerprint density at radius 2 is 2.17 bits per heavy atom. The Kier molecular flexibility index (Phi) is 4.62. The summed E-state index contributed by atoms with van der Waals surface area (Å²) in [6, 6.07) is 12.7. The molecule has 0 spiro atoms. The van der Waals surface area contributed by atoms with Crippen LogP contribution in [-0.2, 0) is 6.54 Å². The monoisotopic (exact) mass is 340 g/mol. The van der Waals surface area contributed by atoms with Crippen LogP contribution in [-0.4, -0.2) is 21.7 Å². The molecule has 0 atom stereocenters. The van der Waals surface area contributed by atoms with Gasteiger partial charge in [-0.25, -0.2) is 10.4 Å². The van der Waals surface area contributed by atoms with Gasteiger partial charge in [-0.05, 0) is 49.7 Å². The Balaban J connectivity index is 1.76. The van der Waals surface area contributed by atoms with E-state index in [4.69, 9.17) is 11.6 Å². The minimum absolute atomic E-state index is 0.279. The fourth-order valence-corrected chi connectivity index (χ4v) is 2.81. The molecule has 122 valence electrons. The number of benzene rings is 2. The molecule has 0 fully saturated rings. The van der Waals surface area contributed by atoms with Gasteiger partial charge in [-0.3, -0.25) is 4.79 Å². The summed E-state index contributed by atoms with van der Waals surface area (Å²) in [4.78, 5) is 16.7. The first kappa shape index (κ1) is 16.2. The summed E-state index contributed by atoms with van der Waals surface area (Å²) in [7, 11) is 0. The molecule has 0 bridgehead atoms. The number of fused-ring (bicyclic) bond motifs is 1. The van der Waals surface area contributed by atoms with Crippen LogP contribution in [0.1, 0.15) is 28.7 Å². The summed E-state index contributed by atoms with van der Waals surface area (Å²) in [6.07, 6.45) is 1.55. The van der Waals surface area contributed by atoms with E-state index in [0.717, 1.165) is 29.0 Å². The second-order valence-electron chi connectivity index (χ2n) is 5.36. The van der Waals surface area contributed by atoms with Crippen LogP contribution < -0.4 is 5.43 Å². The summed E-state index contributed by atoms with van der Waals surface area (Å²) in [6.45, 7) is 4.87. The maximum atomic E-state index is 12.2. The predicted octanol–water partition coefficient (Wildman–Crippen LogP) is 3.78. The first-order valence-corrected chi connectivity index (χ1v) is 8.02. The molecule has 3 rings (SSSR count). The van der Waals surface area contributed by atoms with Crippen molar-refractivity contribution in [2.45, 2.75) is 20.4 Å². The summed E-state index contributed by atoms with van der Waals surface area (Å²) in [5.74, 6) is 0.655. The van der Waals surface area contributed by atoms with Gasteiger partial charge in [0.2, 0.25) is 0 Å². The van der Waals surface area contributed by atoms with Gasteiger partial charge in [0.25, 0.3) is 5.91 Å². The maximum absolute atomic E-state index is 12.2. The van der Waals surface area contributed by atoms with E-state index in [9.17, 15) is 4.79 Å². The number of amides is 1. The fourth-order valence-electron chi connectivity index (χ4n) is 2.61. The van der Waals surface area contributed by atoms with Crippen LogP contribution in [0.25, 0.3) is 11.0 Å². The van der Waals surface area contributed by atoms with E-state index in [2.05, 4.69) is 27.0 Å². The fraction of sp³-hybridized carbons (Fsp3) is 0.167. The van der Waals surface area contributed by atoms with E-state index < -0.39 is 0 Å². The Morgan fingerprint density at radius 3 is 2.92 bits per heavy atom. The van der Waals surface area contributed by atoms with Crippen molar-refractivity contribution in [1.82, 2.24) is 15.0 Å². The lowest BCUT2D eigenvalue weighted by atomic mass is 10.2. The average Bonchev–Trinajstić information content (AvgIpc) is 2.88. The predicted molar refractivity (Wildman–Crippen MR) is 96.7 cm³/mol. The number of carbonyl (C=O) groups is 1. The number of hydrogen-bond donors (Lipinski definition) is 1. The number of hydrazone groups is 1. The number of nitrogens with one attached hydrogen (secondary N) is 1. The van der Waals surface area contributed by atoms with Crippen molar-refractivity contribution in [1.29, 1.82) is 0 Å². The molecule has 0 aliphatic rings. The first-order valence-electron chi connectivity index (χ1n) is 7.64. The number of hydrogen-bond acceptors (Lipinski definition) is 3. The lowest BCUT2D eigenvalue weighted by Gasteiger charge is -2.03. The lowest BCUT2D eigenvalue weighted by Crippen LogP contribution is -2.17. The topological polar surface area (TPSA) is 59.3 Å². The molecule has 1 N–H and O–H groups in total. The van der Waals surface area contributed by atoms with E-state index in [-0.39, 0.29) is 5.91 Å². The summed E-state index contributed by atoms with van der Waals surface area (Å²) in [5.41, 5.74) is 5.68. The number of carbonyl (C=O) groups excluding carboxylic acids is 1. The Morgan fingerprint density at radius 1 is 1.33 bits per heavy atom. The molecular formula is C18H17ClN4O. The normalized spacial score (nSPS) is 11.3. The maximum Gasteiger partial charge on any atom is 0.271 e. The average molecular weight is 341 g/mol. The quantitative estimate of drug-likeness (QED) is 0.580. The third kappa shape index (κ3) is 3.31. The standard InChI is InChI=1S/C18H17ClN4O/c1-3-23-12(2)21-16-10-14(7-8-17(16)23)18(24)22-20-11-13-5-4-6-15(19)9-13/h4-11H,3H2,1-2H3,(H,22,24)/b20-11+. The number of aryl methyl sites for hydroxylation is 2. The van der Waals surface area contributed by atoms with Crippen LogP contribution in [0.15, 0.2) is 47.6 Å². The zero-order valence-electron chi connectivity index (χ0n) is 13.5. The molecule has 0 unspecified atom stereocenters. The largest absolute Gasteiger partial charge is 0.329 e. The van der Waals surface area contributed by atoms with E-state index in [0.29, 0.717) is 10.6 Å². The molecule has 1 aromatic heterocycles. The van der Waals surface area contributed by atoms with Gasteiger partial charge in [0.1, 0.15) is 5.82 Å². The van der Waals surface area contributed by atoms with Gasteiger partial charge in [0.05, 0.1) is 17.2 Å². The van der Waals surface area contributed by atoms with Crippen molar-refractivity contribution in [3.05, 3.63) is 64.4 Å². The summed E-state index contributed by atoms with van der Waals surface area (Å²) in [5, 5.41) is 4.59. The van der Waals surface area contributed by atoms with Gasteiger partial charge in [0.15, 0.2) is 0 Å². The molecule has 3 aromatic rings. The van der Waals surface area contributed by atoms with Gasteiger partial charge in [-0.2, -0.15) is 5.10 Å². The van der Waals surface area contributed by atoms with E-state index in [1.54, 1.807) is 30.5 Å². The molecular weight excluding hydrogens is 324 g/mol. The van der Waals surface area contributed by atoms with Crippen molar-refractivity contribution in [3.8, 4) is 0 Å². The van der Waals surface area contributed by atoms with Gasteiger partial charge < -0.3 is 4.57 Å². The second kappa shape index (κ2) is 6.84. The molecule has 0 aliphatic heterocycles. The van der Waals surface area contributed by atoms with Crippen molar-refractivity contribution >= 4 is 34.8 Å². The summed E-state index contributed by atoms with van der Waals surface area (Å²) >= 11 is 5.91. The molecule has 5 nitrogen and oxygen atoms in total. The Hall–Kier alpha value is -2.66. The molecule has 6 heteroatoms. The van der Waals surface area contributed by atoms with Gasteiger partial charge in [-0.1, -0.05) is 23.7 Å². The third-order valence-corrected chi connectivity index (χ3v) is 3.98. The van der Waals surface area contributed by atoms with Gasteiger partial charge >= 0.3 is 0 Å². The molecule has 2 aromatic carbocycles. The highest BCUT2D eigenvalue weighted by molar-refractivity contribution is 6.30. The molecule has 1 heterocycles. The van der Waals surface area contributed by atoms with Gasteiger partial charge in [0, 0.05) is 17.1 Å². The lowest BCUT2D eigenvalue weighted by molar-refractivity contribution is 0.0955. The molecule has 0 radical (unpaired) electrons. The van der Waals surface area contributed by atoms with Crippen LogP contribution in [0, 0.1) is 6.92 Å². The minimum atomic E-state index is -0.279. The molecule has 0 aliphatic carbocycles. The van der Waals surface area contributed by atoms with Gasteiger partial charge in [-0.15, -0.1) is 0 Å². The first-order chi connectivity index (χ1) is 11.6. The third-order valence-electron chi connectivity index (χ3n) is 3.75. The van der Waals surface area contributed by atoms with Crippen LogP contribution in [0.4, 0.5) is 0 Å². The second-order valence-corrected chi connectivity index (χ2v) is 5.80. The van der Waals surface area contributed by atoms with Crippen molar-refractivity contribution < 1.29 is 4.79 Å². The number of nitrogens with zero attached hydrogens (tertiary/aromatic N) is 3. The molecule has 0 saturated heterocycles. The molecule has 24 heavy (non-hydrogen) atoms. The number of imidazole rings is 1. The molecule has 1 amide bonds. The Bertz CT molecular complexity index is 930. The van der Waals surface area contributed by atoms with Crippen LogP contribution >= 0.6 is 11.6 Å². The zero-order valence-corrected chi connectivity index (χ0v) is 14.2.